The van der Waals surface area contributed by atoms with Crippen molar-refractivity contribution < 1.29 is 24.4 Å². The summed E-state index contributed by atoms with van der Waals surface area (Å²) in [6.07, 6.45) is 1.99. The van der Waals surface area contributed by atoms with Gasteiger partial charge in [-0.2, -0.15) is 0 Å². The first kappa shape index (κ1) is 27.0. The molecule has 32 heavy (non-hydrogen) atoms. The Labute approximate surface area is 191 Å². The SMILES string of the molecule is CC(C)(C)NC(=O)OCCCCCC(=O)Nc1nc(-c2cccc([N+](=O)[O-])c2)cs1.CO. The van der Waals surface area contributed by atoms with Gasteiger partial charge in [-0.3, -0.25) is 14.9 Å². The number of amides is 2. The molecule has 0 saturated heterocycles. The summed E-state index contributed by atoms with van der Waals surface area (Å²) in [4.78, 5) is 38.4. The third-order valence-electron chi connectivity index (χ3n) is 3.86. The molecule has 10 nitrogen and oxygen atoms in total. The Hall–Kier alpha value is -3.05. The summed E-state index contributed by atoms with van der Waals surface area (Å²) in [5.41, 5.74) is 0.854. The molecule has 0 fully saturated rings. The second-order valence-corrected chi connectivity index (χ2v) is 8.57. The van der Waals surface area contributed by atoms with E-state index in [2.05, 4.69) is 15.6 Å². The lowest BCUT2D eigenvalue weighted by Crippen LogP contribution is -2.41. The molecule has 1 heterocycles. The quantitative estimate of drug-likeness (QED) is 0.283. The topological polar surface area (TPSA) is 144 Å². The third-order valence-corrected chi connectivity index (χ3v) is 4.62. The average molecular weight is 467 g/mol. The van der Waals surface area contributed by atoms with Crippen LogP contribution in [0.5, 0.6) is 0 Å². The molecule has 1 aromatic heterocycles. The van der Waals surface area contributed by atoms with Crippen molar-refractivity contribution in [1.29, 1.82) is 0 Å². The number of nitrogens with zero attached hydrogens (tertiary/aromatic N) is 2. The maximum atomic E-state index is 12.1. The first-order valence-corrected chi connectivity index (χ1v) is 10.9. The maximum absolute atomic E-state index is 12.1. The number of aliphatic hydroxyl groups excluding tert-OH is 1. The molecule has 0 radical (unpaired) electrons. The molecule has 0 saturated carbocycles. The van der Waals surface area contributed by atoms with E-state index in [4.69, 9.17) is 9.84 Å². The highest BCUT2D eigenvalue weighted by molar-refractivity contribution is 7.14. The molecule has 0 aliphatic carbocycles. The molecule has 0 atom stereocenters. The standard InChI is InChI=1S/C20H26N4O5S.CH4O/c1-20(2,3)23-19(26)29-11-6-4-5-10-17(25)22-18-21-16(13-30-18)14-8-7-9-15(12-14)24(27)28;1-2/h7-9,12-13H,4-6,10-11H2,1-3H3,(H,23,26)(H,21,22,25);2H,1H3. The summed E-state index contributed by atoms with van der Waals surface area (Å²) in [7, 11) is 1.00. The number of nitro groups is 1. The van der Waals surface area contributed by atoms with Crippen molar-refractivity contribution in [1.82, 2.24) is 10.3 Å². The highest BCUT2D eigenvalue weighted by Crippen LogP contribution is 2.27. The molecular formula is C21H30N4O6S. The number of carbonyl (C=O) groups excluding carboxylic acids is 2. The van der Waals surface area contributed by atoms with Gasteiger partial charge >= 0.3 is 6.09 Å². The van der Waals surface area contributed by atoms with Gasteiger partial charge in [0.15, 0.2) is 5.13 Å². The number of aliphatic hydroxyl groups is 1. The molecule has 0 spiro atoms. The number of hydrogen-bond donors (Lipinski definition) is 3. The predicted octanol–water partition coefficient (Wildman–Crippen LogP) is 4.35. The van der Waals surface area contributed by atoms with Crippen molar-refractivity contribution in [3.8, 4) is 11.3 Å². The number of rotatable bonds is 9. The molecule has 176 valence electrons. The van der Waals surface area contributed by atoms with E-state index in [0.717, 1.165) is 13.5 Å². The molecule has 3 N–H and O–H groups in total. The number of thiazole rings is 1. The number of unbranched alkanes of at least 4 members (excludes halogenated alkanes) is 2. The van der Waals surface area contributed by atoms with Gasteiger partial charge in [-0.05, 0) is 40.0 Å². The Morgan fingerprint density at radius 3 is 2.59 bits per heavy atom. The third kappa shape index (κ3) is 10.3. The van der Waals surface area contributed by atoms with Crippen LogP contribution in [-0.4, -0.2) is 46.3 Å². The van der Waals surface area contributed by atoms with Crippen molar-refractivity contribution in [3.05, 3.63) is 39.8 Å². The van der Waals surface area contributed by atoms with E-state index in [1.165, 1.54) is 23.5 Å². The Bertz CT molecular complexity index is 894. The first-order valence-electron chi connectivity index (χ1n) is 10.0. The zero-order valence-corrected chi connectivity index (χ0v) is 19.5. The van der Waals surface area contributed by atoms with Gasteiger partial charge in [0.2, 0.25) is 5.91 Å². The summed E-state index contributed by atoms with van der Waals surface area (Å²) >= 11 is 1.26. The van der Waals surface area contributed by atoms with Gasteiger partial charge in [0.05, 0.1) is 17.2 Å². The van der Waals surface area contributed by atoms with E-state index >= 15 is 0 Å². The zero-order valence-electron chi connectivity index (χ0n) is 18.7. The van der Waals surface area contributed by atoms with E-state index in [1.807, 2.05) is 20.8 Å². The Morgan fingerprint density at radius 2 is 1.94 bits per heavy atom. The van der Waals surface area contributed by atoms with Gasteiger partial charge in [-0.25, -0.2) is 9.78 Å². The normalized spacial score (nSPS) is 10.5. The van der Waals surface area contributed by atoms with Crippen LogP contribution >= 0.6 is 11.3 Å². The molecule has 2 aromatic rings. The molecule has 0 unspecified atom stereocenters. The molecule has 0 aliphatic rings. The minimum absolute atomic E-state index is 0.00838. The van der Waals surface area contributed by atoms with Crippen LogP contribution in [-0.2, 0) is 9.53 Å². The molecule has 0 bridgehead atoms. The summed E-state index contributed by atoms with van der Waals surface area (Å²) in [5, 5.41) is 25.5. The molecule has 2 rings (SSSR count). The number of alkyl carbamates (subject to hydrolysis) is 1. The van der Waals surface area contributed by atoms with Crippen molar-refractivity contribution in [2.45, 2.75) is 52.0 Å². The van der Waals surface area contributed by atoms with E-state index in [1.54, 1.807) is 17.5 Å². The molecule has 1 aromatic carbocycles. The Balaban J connectivity index is 0.00000249. The van der Waals surface area contributed by atoms with Crippen LogP contribution in [0, 0.1) is 10.1 Å². The molecule has 11 heteroatoms. The number of aromatic nitrogens is 1. The molecule has 0 aliphatic heterocycles. The number of carbonyl (C=O) groups is 2. The van der Waals surface area contributed by atoms with Crippen LogP contribution in [0.3, 0.4) is 0 Å². The van der Waals surface area contributed by atoms with Gasteiger partial charge in [-0.1, -0.05) is 12.1 Å². The van der Waals surface area contributed by atoms with Gasteiger partial charge in [0.1, 0.15) is 0 Å². The maximum Gasteiger partial charge on any atom is 0.407 e. The van der Waals surface area contributed by atoms with Crippen molar-refractivity contribution in [2.24, 2.45) is 0 Å². The van der Waals surface area contributed by atoms with Crippen LogP contribution in [0.4, 0.5) is 15.6 Å². The van der Waals surface area contributed by atoms with E-state index in [9.17, 15) is 19.7 Å². The average Bonchev–Trinajstić information content (AvgIpc) is 3.19. The van der Waals surface area contributed by atoms with Crippen LogP contribution in [0.25, 0.3) is 11.3 Å². The largest absolute Gasteiger partial charge is 0.450 e. The van der Waals surface area contributed by atoms with Crippen molar-refractivity contribution in [2.75, 3.05) is 19.0 Å². The summed E-state index contributed by atoms with van der Waals surface area (Å²) in [6, 6.07) is 6.20. The number of non-ortho nitro benzene ring substituents is 1. The van der Waals surface area contributed by atoms with Gasteiger partial charge < -0.3 is 20.5 Å². The number of ether oxygens (including phenoxy) is 1. The summed E-state index contributed by atoms with van der Waals surface area (Å²) in [6.45, 7) is 5.94. The minimum Gasteiger partial charge on any atom is -0.450 e. The van der Waals surface area contributed by atoms with Crippen LogP contribution in [0.2, 0.25) is 0 Å². The Kier molecular flexibility index (Phi) is 11.3. The van der Waals surface area contributed by atoms with Crippen molar-refractivity contribution in [3.63, 3.8) is 0 Å². The van der Waals surface area contributed by atoms with Crippen molar-refractivity contribution >= 4 is 34.2 Å². The second-order valence-electron chi connectivity index (χ2n) is 7.72. The number of hydrogen-bond acceptors (Lipinski definition) is 8. The highest BCUT2D eigenvalue weighted by Gasteiger charge is 2.14. The Morgan fingerprint density at radius 1 is 1.22 bits per heavy atom. The molecule has 2 amide bonds. The number of nitro benzene ring substituents is 1. The lowest BCUT2D eigenvalue weighted by molar-refractivity contribution is -0.384. The summed E-state index contributed by atoms with van der Waals surface area (Å²) in [5.74, 6) is -0.152. The van der Waals surface area contributed by atoms with Crippen LogP contribution < -0.4 is 10.6 Å². The number of benzene rings is 1. The number of nitrogens with one attached hydrogen (secondary N) is 2. The van der Waals surface area contributed by atoms with Crippen LogP contribution in [0.15, 0.2) is 29.6 Å². The van der Waals surface area contributed by atoms with E-state index < -0.39 is 11.0 Å². The summed E-state index contributed by atoms with van der Waals surface area (Å²) < 4.78 is 5.09. The fourth-order valence-corrected chi connectivity index (χ4v) is 3.23. The van der Waals surface area contributed by atoms with E-state index in [0.29, 0.717) is 42.3 Å². The monoisotopic (exact) mass is 466 g/mol. The smallest absolute Gasteiger partial charge is 0.407 e. The lowest BCUT2D eigenvalue weighted by atomic mass is 10.1. The zero-order chi connectivity index (χ0) is 24.1. The fourth-order valence-electron chi connectivity index (χ4n) is 2.50. The first-order chi connectivity index (χ1) is 15.1. The van der Waals surface area contributed by atoms with Gasteiger partial charge in [-0.15, -0.1) is 11.3 Å². The minimum atomic E-state index is -0.458. The van der Waals surface area contributed by atoms with Crippen LogP contribution in [0.1, 0.15) is 46.5 Å². The highest BCUT2D eigenvalue weighted by atomic mass is 32.1. The lowest BCUT2D eigenvalue weighted by Gasteiger charge is -2.19. The molecular weight excluding hydrogens is 436 g/mol. The number of anilines is 1. The van der Waals surface area contributed by atoms with Gasteiger partial charge in [0, 0.05) is 42.1 Å². The fraction of sp³-hybridized carbons (Fsp3) is 0.476. The van der Waals surface area contributed by atoms with E-state index in [-0.39, 0.29) is 17.1 Å². The predicted molar refractivity (Wildman–Crippen MR) is 124 cm³/mol. The van der Waals surface area contributed by atoms with Gasteiger partial charge in [0.25, 0.3) is 5.69 Å². The second kappa shape index (κ2) is 13.4.